The molecule has 5 nitrogen and oxygen atoms in total. The van der Waals surface area contributed by atoms with E-state index in [1.807, 2.05) is 42.5 Å². The zero-order chi connectivity index (χ0) is 15.8. The number of hydrogen-bond donors (Lipinski definition) is 1. The van der Waals surface area contributed by atoms with Gasteiger partial charge in [0.05, 0.1) is 0 Å². The lowest BCUT2D eigenvalue weighted by Crippen LogP contribution is -2.24. The summed E-state index contributed by atoms with van der Waals surface area (Å²) in [6, 6.07) is 13.1. The van der Waals surface area contributed by atoms with Crippen LogP contribution in [0.3, 0.4) is 0 Å². The van der Waals surface area contributed by atoms with Gasteiger partial charge in [-0.3, -0.25) is 4.79 Å². The van der Waals surface area contributed by atoms with Crippen LogP contribution in [0.15, 0.2) is 57.6 Å². The maximum atomic E-state index is 12.1. The second-order valence-electron chi connectivity index (χ2n) is 5.06. The molecule has 1 N–H and O–H groups in total. The molecule has 2 heterocycles. The van der Waals surface area contributed by atoms with Gasteiger partial charge in [0.2, 0.25) is 6.79 Å². The first-order valence-corrected chi connectivity index (χ1v) is 7.76. The minimum absolute atomic E-state index is 0.222. The van der Waals surface area contributed by atoms with Gasteiger partial charge in [0.1, 0.15) is 11.5 Å². The summed E-state index contributed by atoms with van der Waals surface area (Å²) >= 11 is 3.39. The van der Waals surface area contributed by atoms with Crippen LogP contribution in [0.4, 0.5) is 0 Å². The molecule has 4 rings (SSSR count). The summed E-state index contributed by atoms with van der Waals surface area (Å²) in [7, 11) is 0. The standard InChI is InChI=1S/C17H11BrN2O3/c18-12-4-2-11(3-5-12)16-19-13(17(21)20-16)7-10-1-6-14-15(8-10)23-9-22-14/h1-8H,9H2,(H,19,20,21). The number of ether oxygens (including phenoxy) is 2. The molecule has 0 fully saturated rings. The van der Waals surface area contributed by atoms with Gasteiger partial charge in [-0.05, 0) is 35.9 Å². The summed E-state index contributed by atoms with van der Waals surface area (Å²) in [6.45, 7) is 0.224. The van der Waals surface area contributed by atoms with Crippen LogP contribution in [0.1, 0.15) is 11.1 Å². The first-order valence-electron chi connectivity index (χ1n) is 6.96. The average Bonchev–Trinajstić information content (AvgIpc) is 3.15. The summed E-state index contributed by atoms with van der Waals surface area (Å²) in [4.78, 5) is 16.5. The highest BCUT2D eigenvalue weighted by molar-refractivity contribution is 9.10. The number of aliphatic imine (C=N–C) groups is 1. The first-order chi connectivity index (χ1) is 11.2. The number of amidine groups is 1. The zero-order valence-corrected chi connectivity index (χ0v) is 13.5. The van der Waals surface area contributed by atoms with Crippen LogP contribution in [-0.2, 0) is 4.79 Å². The molecule has 2 aliphatic rings. The quantitative estimate of drug-likeness (QED) is 0.826. The lowest BCUT2D eigenvalue weighted by molar-refractivity contribution is -0.115. The molecule has 0 aromatic heterocycles. The number of nitrogens with zero attached hydrogens (tertiary/aromatic N) is 1. The fourth-order valence-corrected chi connectivity index (χ4v) is 2.64. The van der Waals surface area contributed by atoms with Crippen LogP contribution in [0, 0.1) is 0 Å². The maximum absolute atomic E-state index is 12.1. The number of amides is 1. The molecule has 2 aromatic rings. The Kier molecular flexibility index (Phi) is 3.38. The van der Waals surface area contributed by atoms with E-state index in [-0.39, 0.29) is 12.7 Å². The van der Waals surface area contributed by atoms with Crippen molar-refractivity contribution >= 4 is 33.7 Å². The number of nitrogens with one attached hydrogen (secondary N) is 1. The highest BCUT2D eigenvalue weighted by Crippen LogP contribution is 2.33. The molecule has 0 aliphatic carbocycles. The van der Waals surface area contributed by atoms with Crippen molar-refractivity contribution < 1.29 is 14.3 Å². The molecule has 0 radical (unpaired) electrons. The fourth-order valence-electron chi connectivity index (χ4n) is 2.37. The number of benzene rings is 2. The molecule has 114 valence electrons. The van der Waals surface area contributed by atoms with Crippen molar-refractivity contribution in [3.8, 4) is 11.5 Å². The van der Waals surface area contributed by atoms with Gasteiger partial charge in [-0.1, -0.05) is 34.1 Å². The normalized spacial score (nSPS) is 17.3. The summed E-state index contributed by atoms with van der Waals surface area (Å²) < 4.78 is 11.6. The summed E-state index contributed by atoms with van der Waals surface area (Å²) in [5, 5.41) is 2.78. The van der Waals surface area contributed by atoms with Crippen molar-refractivity contribution in [3.05, 3.63) is 63.8 Å². The van der Waals surface area contributed by atoms with Crippen molar-refractivity contribution in [1.29, 1.82) is 0 Å². The second kappa shape index (κ2) is 5.55. The third kappa shape index (κ3) is 2.73. The number of hydrogen-bond acceptors (Lipinski definition) is 4. The Labute approximate surface area is 140 Å². The molecule has 1 amide bonds. The highest BCUT2D eigenvalue weighted by Gasteiger charge is 2.21. The zero-order valence-electron chi connectivity index (χ0n) is 11.9. The maximum Gasteiger partial charge on any atom is 0.275 e. The van der Waals surface area contributed by atoms with Gasteiger partial charge in [-0.15, -0.1) is 0 Å². The Balaban J connectivity index is 1.65. The molecule has 2 aromatic carbocycles. The van der Waals surface area contributed by atoms with Crippen LogP contribution < -0.4 is 14.8 Å². The molecule has 0 atom stereocenters. The minimum Gasteiger partial charge on any atom is -0.454 e. The monoisotopic (exact) mass is 370 g/mol. The molecule has 23 heavy (non-hydrogen) atoms. The number of rotatable bonds is 2. The number of carbonyl (C=O) groups excluding carboxylic acids is 1. The van der Waals surface area contributed by atoms with Crippen LogP contribution in [0.5, 0.6) is 11.5 Å². The van der Waals surface area contributed by atoms with Gasteiger partial charge in [0, 0.05) is 10.0 Å². The van der Waals surface area contributed by atoms with Crippen LogP contribution in [-0.4, -0.2) is 18.5 Å². The van der Waals surface area contributed by atoms with Gasteiger partial charge >= 0.3 is 0 Å². The van der Waals surface area contributed by atoms with E-state index in [2.05, 4.69) is 26.2 Å². The largest absolute Gasteiger partial charge is 0.454 e. The van der Waals surface area contributed by atoms with Gasteiger partial charge in [0.15, 0.2) is 11.5 Å². The third-order valence-electron chi connectivity index (χ3n) is 3.51. The van der Waals surface area contributed by atoms with Gasteiger partial charge in [-0.25, -0.2) is 4.99 Å². The molecule has 0 bridgehead atoms. The molecule has 0 saturated heterocycles. The minimum atomic E-state index is -0.222. The Hall–Kier alpha value is -2.60. The van der Waals surface area contributed by atoms with Crippen LogP contribution in [0.25, 0.3) is 6.08 Å². The van der Waals surface area contributed by atoms with E-state index in [0.717, 1.165) is 15.6 Å². The smallest absolute Gasteiger partial charge is 0.275 e. The Bertz CT molecular complexity index is 857. The van der Waals surface area contributed by atoms with E-state index in [9.17, 15) is 4.79 Å². The summed E-state index contributed by atoms with van der Waals surface area (Å²) in [5.41, 5.74) is 2.05. The lowest BCUT2D eigenvalue weighted by atomic mass is 10.1. The predicted molar refractivity (Wildman–Crippen MR) is 89.4 cm³/mol. The number of halogens is 1. The van der Waals surface area contributed by atoms with Crippen LogP contribution >= 0.6 is 15.9 Å². The van der Waals surface area contributed by atoms with Crippen molar-refractivity contribution in [3.63, 3.8) is 0 Å². The number of carbonyl (C=O) groups is 1. The molecular weight excluding hydrogens is 360 g/mol. The molecule has 0 spiro atoms. The molecule has 2 aliphatic heterocycles. The van der Waals surface area contributed by atoms with Crippen molar-refractivity contribution in [1.82, 2.24) is 5.32 Å². The SMILES string of the molecule is O=C1NC(c2ccc(Br)cc2)=NC1=Cc1ccc2c(c1)OCO2. The molecule has 6 heteroatoms. The van der Waals surface area contributed by atoms with Crippen LogP contribution in [0.2, 0.25) is 0 Å². The Morgan fingerprint density at radius 1 is 1.09 bits per heavy atom. The van der Waals surface area contributed by atoms with E-state index in [1.165, 1.54) is 0 Å². The van der Waals surface area contributed by atoms with Crippen molar-refractivity contribution in [2.75, 3.05) is 6.79 Å². The first kappa shape index (κ1) is 14.0. The molecular formula is C17H11BrN2O3. The van der Waals surface area contributed by atoms with Crippen molar-refractivity contribution in [2.45, 2.75) is 0 Å². The predicted octanol–water partition coefficient (Wildman–Crippen LogP) is 3.10. The molecule has 0 unspecified atom stereocenters. The lowest BCUT2D eigenvalue weighted by Gasteiger charge is -1.99. The van der Waals surface area contributed by atoms with Gasteiger partial charge in [-0.2, -0.15) is 0 Å². The van der Waals surface area contributed by atoms with E-state index in [4.69, 9.17) is 9.47 Å². The summed E-state index contributed by atoms with van der Waals surface area (Å²) in [6.07, 6.45) is 1.73. The van der Waals surface area contributed by atoms with E-state index in [1.54, 1.807) is 6.08 Å². The third-order valence-corrected chi connectivity index (χ3v) is 4.04. The van der Waals surface area contributed by atoms with E-state index >= 15 is 0 Å². The average molecular weight is 371 g/mol. The highest BCUT2D eigenvalue weighted by atomic mass is 79.9. The Morgan fingerprint density at radius 3 is 2.70 bits per heavy atom. The summed E-state index contributed by atoms with van der Waals surface area (Å²) in [5.74, 6) is 1.71. The fraction of sp³-hybridized carbons (Fsp3) is 0.0588. The Morgan fingerprint density at radius 2 is 1.87 bits per heavy atom. The van der Waals surface area contributed by atoms with E-state index < -0.39 is 0 Å². The van der Waals surface area contributed by atoms with E-state index in [0.29, 0.717) is 23.0 Å². The second-order valence-corrected chi connectivity index (χ2v) is 5.98. The van der Waals surface area contributed by atoms with Gasteiger partial charge in [0.25, 0.3) is 5.91 Å². The number of fused-ring (bicyclic) bond motifs is 1. The van der Waals surface area contributed by atoms with Gasteiger partial charge < -0.3 is 14.8 Å². The topological polar surface area (TPSA) is 59.9 Å². The molecule has 0 saturated carbocycles. The van der Waals surface area contributed by atoms with Crippen molar-refractivity contribution in [2.24, 2.45) is 4.99 Å².